The molecule has 2 aromatic carbocycles. The van der Waals surface area contributed by atoms with Crippen molar-refractivity contribution in [2.24, 2.45) is 0 Å². The topological polar surface area (TPSA) is 88.8 Å². The van der Waals surface area contributed by atoms with Gasteiger partial charge in [0.1, 0.15) is 10.9 Å². The van der Waals surface area contributed by atoms with Crippen molar-refractivity contribution < 1.29 is 0 Å². The van der Waals surface area contributed by atoms with Gasteiger partial charge in [0, 0.05) is 97.5 Å². The largest absolute Gasteiger partial charge is 0.361 e. The predicted molar refractivity (Wildman–Crippen MR) is 165 cm³/mol. The van der Waals surface area contributed by atoms with E-state index in [9.17, 15) is 5.26 Å². The van der Waals surface area contributed by atoms with Crippen molar-refractivity contribution in [1.29, 1.82) is 5.26 Å². The summed E-state index contributed by atoms with van der Waals surface area (Å²) in [7, 11) is 0. The molecule has 2 N–H and O–H groups in total. The van der Waals surface area contributed by atoms with Crippen molar-refractivity contribution >= 4 is 43.8 Å². The second-order valence-electron chi connectivity index (χ2n) is 10.5. The van der Waals surface area contributed by atoms with Crippen LogP contribution in [0.4, 0.5) is 11.4 Å². The molecule has 1 aliphatic heterocycles. The minimum Gasteiger partial charge on any atom is -0.361 e. The van der Waals surface area contributed by atoms with E-state index < -0.39 is 0 Å². The van der Waals surface area contributed by atoms with Gasteiger partial charge in [-0.15, -0.1) is 11.3 Å². The summed E-state index contributed by atoms with van der Waals surface area (Å²) >= 11 is 1.67. The molecule has 0 spiro atoms. The van der Waals surface area contributed by atoms with Crippen LogP contribution in [0.2, 0.25) is 0 Å². The maximum atomic E-state index is 9.86. The molecule has 8 nitrogen and oxygen atoms in total. The van der Waals surface area contributed by atoms with E-state index in [1.54, 1.807) is 17.5 Å². The zero-order valence-corrected chi connectivity index (χ0v) is 23.4. The van der Waals surface area contributed by atoms with E-state index in [-0.39, 0.29) is 0 Å². The first-order valence-electron chi connectivity index (χ1n) is 13.9. The molecule has 1 saturated heterocycles. The van der Waals surface area contributed by atoms with Gasteiger partial charge < -0.3 is 14.9 Å². The lowest BCUT2D eigenvalue weighted by atomic mass is 10.1. The lowest BCUT2D eigenvalue weighted by Crippen LogP contribution is -2.46. The zero-order chi connectivity index (χ0) is 27.6. The third-order valence-electron chi connectivity index (χ3n) is 7.82. The zero-order valence-electron chi connectivity index (χ0n) is 22.6. The van der Waals surface area contributed by atoms with Crippen molar-refractivity contribution in [3.05, 3.63) is 96.8 Å². The predicted octanol–water partition coefficient (Wildman–Crippen LogP) is 6.07. The van der Waals surface area contributed by atoms with Gasteiger partial charge in [0.25, 0.3) is 0 Å². The molecule has 7 rings (SSSR count). The van der Waals surface area contributed by atoms with Gasteiger partial charge in [-0.05, 0) is 47.5 Å². The summed E-state index contributed by atoms with van der Waals surface area (Å²) in [6.07, 6.45) is 9.36. The van der Waals surface area contributed by atoms with Gasteiger partial charge >= 0.3 is 0 Å². The minimum absolute atomic E-state index is 0.536. The third kappa shape index (κ3) is 5.45. The van der Waals surface area contributed by atoms with Crippen LogP contribution in [0.1, 0.15) is 11.1 Å². The summed E-state index contributed by atoms with van der Waals surface area (Å²) in [6.45, 7) is 7.31. The number of nitriles is 1. The van der Waals surface area contributed by atoms with Gasteiger partial charge in [0.05, 0.1) is 17.6 Å². The first kappa shape index (κ1) is 25.5. The lowest BCUT2D eigenvalue weighted by Gasteiger charge is -2.34. The summed E-state index contributed by atoms with van der Waals surface area (Å²) < 4.78 is 2.14. The number of nitrogens with zero attached hydrogens (tertiary/aromatic N) is 6. The molecule has 1 aliphatic rings. The van der Waals surface area contributed by atoms with E-state index in [0.29, 0.717) is 5.56 Å². The van der Waals surface area contributed by atoms with E-state index in [0.717, 1.165) is 83.2 Å². The quantitative estimate of drug-likeness (QED) is 0.236. The Balaban J connectivity index is 1.07. The Hall–Kier alpha value is -4.49. The molecule has 0 unspecified atom stereocenters. The number of hydrogen-bond acceptors (Lipinski definition) is 7. The Kier molecular flexibility index (Phi) is 6.95. The molecule has 1 fully saturated rings. The summed E-state index contributed by atoms with van der Waals surface area (Å²) in [5, 5.41) is 15.5. The number of piperazine rings is 1. The van der Waals surface area contributed by atoms with Crippen molar-refractivity contribution in [3.63, 3.8) is 0 Å². The van der Waals surface area contributed by atoms with Crippen molar-refractivity contribution in [2.45, 2.75) is 13.1 Å². The third-order valence-corrected chi connectivity index (χ3v) is 8.91. The number of H-pyrrole nitrogens is 1. The fourth-order valence-corrected chi connectivity index (χ4v) is 6.56. The number of anilines is 2. The Morgan fingerprint density at radius 1 is 1.00 bits per heavy atom. The number of benzene rings is 2. The normalized spacial score (nSPS) is 14.5. The number of pyridine rings is 1. The molecule has 0 saturated carbocycles. The van der Waals surface area contributed by atoms with E-state index in [1.807, 2.05) is 43.1 Å². The number of hydrogen-bond donors (Lipinski definition) is 2. The molecular formula is C32H30N8S. The molecular weight excluding hydrogens is 528 g/mol. The number of imidazole rings is 1. The minimum atomic E-state index is 0.536. The van der Waals surface area contributed by atoms with Crippen LogP contribution in [0.25, 0.3) is 31.6 Å². The molecule has 41 heavy (non-hydrogen) atoms. The Morgan fingerprint density at radius 2 is 1.90 bits per heavy atom. The molecule has 204 valence electrons. The Morgan fingerprint density at radius 3 is 2.76 bits per heavy atom. The van der Waals surface area contributed by atoms with Crippen LogP contribution in [0.5, 0.6) is 0 Å². The highest BCUT2D eigenvalue weighted by atomic mass is 32.1. The molecule has 6 aromatic rings. The van der Waals surface area contributed by atoms with Crippen LogP contribution in [-0.2, 0) is 13.1 Å². The van der Waals surface area contributed by atoms with Crippen LogP contribution in [0.3, 0.4) is 0 Å². The van der Waals surface area contributed by atoms with Crippen LogP contribution in [0, 0.1) is 11.3 Å². The first-order valence-corrected chi connectivity index (χ1v) is 14.7. The van der Waals surface area contributed by atoms with Gasteiger partial charge in [0.15, 0.2) is 0 Å². The number of aromatic nitrogens is 4. The van der Waals surface area contributed by atoms with Crippen LogP contribution in [-0.4, -0.2) is 62.0 Å². The molecule has 9 heteroatoms. The van der Waals surface area contributed by atoms with E-state index in [4.69, 9.17) is 0 Å². The summed E-state index contributed by atoms with van der Waals surface area (Å²) in [5.74, 6) is 0. The van der Waals surface area contributed by atoms with Crippen molar-refractivity contribution in [2.75, 3.05) is 38.0 Å². The number of thiophene rings is 1. The number of rotatable bonds is 8. The van der Waals surface area contributed by atoms with Crippen molar-refractivity contribution in [1.82, 2.24) is 29.3 Å². The summed E-state index contributed by atoms with van der Waals surface area (Å²) in [6, 6.07) is 21.5. The monoisotopic (exact) mass is 558 g/mol. The molecule has 5 heterocycles. The van der Waals surface area contributed by atoms with Gasteiger partial charge in [0.2, 0.25) is 0 Å². The van der Waals surface area contributed by atoms with Gasteiger partial charge in [-0.3, -0.25) is 9.80 Å². The summed E-state index contributed by atoms with van der Waals surface area (Å²) in [4.78, 5) is 19.1. The fourth-order valence-electron chi connectivity index (χ4n) is 5.55. The number of nitrogens with one attached hydrogen (secondary N) is 2. The van der Waals surface area contributed by atoms with Gasteiger partial charge in [-0.2, -0.15) is 5.26 Å². The molecule has 4 aromatic heterocycles. The Labute approximate surface area is 242 Å². The van der Waals surface area contributed by atoms with Crippen molar-refractivity contribution in [3.8, 4) is 16.5 Å². The molecule has 0 bridgehead atoms. The average Bonchev–Trinajstić information content (AvgIpc) is 3.78. The summed E-state index contributed by atoms with van der Waals surface area (Å²) in [5.41, 5.74) is 5.86. The standard InChI is InChI=1S/C32H30N8S/c33-19-26-20-36-32-28(31(26)37-27-4-5-29-24(17-27)6-7-35-29)18-30(41-32)25-3-1-2-23(16-25)21-39-13-10-38(11-14-39)12-15-40-9-8-34-22-40/h1-9,16-18,20,22,35H,10-15,21H2,(H,36,37). The van der Waals surface area contributed by atoms with Crippen LogP contribution < -0.4 is 5.32 Å². The Bertz CT molecular complexity index is 1840. The van der Waals surface area contributed by atoms with Gasteiger partial charge in [-0.1, -0.05) is 18.2 Å². The van der Waals surface area contributed by atoms with E-state index >= 15 is 0 Å². The molecule has 0 aliphatic carbocycles. The maximum Gasteiger partial charge on any atom is 0.126 e. The smallest absolute Gasteiger partial charge is 0.126 e. The van der Waals surface area contributed by atoms with E-state index in [2.05, 4.69) is 77.1 Å². The SMILES string of the molecule is N#Cc1cnc2sc(-c3cccc(CN4CCN(CCn5ccnc5)CC4)c3)cc2c1Nc1ccc2[nH]ccc2c1. The average molecular weight is 559 g/mol. The molecule has 0 atom stereocenters. The molecule has 0 amide bonds. The maximum absolute atomic E-state index is 9.86. The molecule has 0 radical (unpaired) electrons. The second kappa shape index (κ2) is 11.2. The van der Waals surface area contributed by atoms with E-state index in [1.165, 1.54) is 11.1 Å². The number of fused-ring (bicyclic) bond motifs is 2. The van der Waals surface area contributed by atoms with Gasteiger partial charge in [-0.25, -0.2) is 9.97 Å². The lowest BCUT2D eigenvalue weighted by molar-refractivity contribution is 0.124. The highest BCUT2D eigenvalue weighted by molar-refractivity contribution is 7.22. The highest BCUT2D eigenvalue weighted by Crippen LogP contribution is 2.39. The fraction of sp³-hybridized carbons (Fsp3) is 0.219. The first-order chi connectivity index (χ1) is 20.2. The number of aromatic amines is 1. The second-order valence-corrected chi connectivity index (χ2v) is 11.5. The highest BCUT2D eigenvalue weighted by Gasteiger charge is 2.18. The van der Waals surface area contributed by atoms with Crippen LogP contribution >= 0.6 is 11.3 Å². The van der Waals surface area contributed by atoms with Crippen LogP contribution in [0.15, 0.2) is 85.7 Å².